The van der Waals surface area contributed by atoms with Crippen molar-refractivity contribution in [1.82, 2.24) is 25.5 Å². The van der Waals surface area contributed by atoms with Crippen LogP contribution in [-0.4, -0.2) is 44.0 Å². The van der Waals surface area contributed by atoms with Crippen molar-refractivity contribution >= 4 is 5.91 Å². The highest BCUT2D eigenvalue weighted by Gasteiger charge is 2.19. The predicted molar refractivity (Wildman–Crippen MR) is 80.6 cm³/mol. The third-order valence-corrected chi connectivity index (χ3v) is 3.18. The fourth-order valence-corrected chi connectivity index (χ4v) is 2.13. The molecule has 0 atom stereocenters. The Kier molecular flexibility index (Phi) is 4.67. The van der Waals surface area contributed by atoms with Crippen molar-refractivity contribution in [1.29, 1.82) is 0 Å². The van der Waals surface area contributed by atoms with E-state index in [-0.39, 0.29) is 11.9 Å². The molecule has 6 heteroatoms. The summed E-state index contributed by atoms with van der Waals surface area (Å²) in [4.78, 5) is 14.5. The maximum atomic E-state index is 12.6. The molecule has 1 amide bonds. The number of benzene rings is 1. The van der Waals surface area contributed by atoms with Gasteiger partial charge in [0.05, 0.1) is 0 Å². The summed E-state index contributed by atoms with van der Waals surface area (Å²) in [6.45, 7) is 9.05. The van der Waals surface area contributed by atoms with Crippen molar-refractivity contribution < 1.29 is 4.79 Å². The molecule has 0 spiro atoms. The number of nitrogens with one attached hydrogen (secondary N) is 1. The zero-order valence-corrected chi connectivity index (χ0v) is 12.9. The first kappa shape index (κ1) is 15.2. The first-order chi connectivity index (χ1) is 9.99. The Morgan fingerprint density at radius 1 is 1.19 bits per heavy atom. The first-order valence-corrected chi connectivity index (χ1v) is 7.14. The third kappa shape index (κ3) is 3.65. The van der Waals surface area contributed by atoms with E-state index in [1.807, 2.05) is 43.0 Å². The highest BCUT2D eigenvalue weighted by atomic mass is 16.2. The monoisotopic (exact) mass is 287 g/mol. The lowest BCUT2D eigenvalue weighted by Gasteiger charge is -2.28. The Morgan fingerprint density at radius 3 is 2.33 bits per heavy atom. The Morgan fingerprint density at radius 2 is 1.86 bits per heavy atom. The molecule has 21 heavy (non-hydrogen) atoms. The van der Waals surface area contributed by atoms with E-state index in [2.05, 4.69) is 34.5 Å². The number of hydrogen-bond donors (Lipinski definition) is 1. The van der Waals surface area contributed by atoms with Crippen LogP contribution in [0.2, 0.25) is 0 Å². The number of aromatic amines is 1. The van der Waals surface area contributed by atoms with E-state index in [9.17, 15) is 4.79 Å². The summed E-state index contributed by atoms with van der Waals surface area (Å²) in [6, 6.07) is 7.47. The molecule has 1 N–H and O–H groups in total. The summed E-state index contributed by atoms with van der Waals surface area (Å²) in [6.07, 6.45) is 0. The van der Waals surface area contributed by atoms with Crippen molar-refractivity contribution in [3.05, 3.63) is 29.8 Å². The quantitative estimate of drug-likeness (QED) is 0.916. The van der Waals surface area contributed by atoms with E-state index in [1.165, 1.54) is 0 Å². The van der Waals surface area contributed by atoms with Crippen molar-refractivity contribution in [3.63, 3.8) is 0 Å². The van der Waals surface area contributed by atoms with Gasteiger partial charge in [0.2, 0.25) is 5.82 Å². The number of carbonyl (C=O) groups excluding carboxylic acids is 1. The van der Waals surface area contributed by atoms with Gasteiger partial charge in [0, 0.05) is 23.7 Å². The molecule has 2 aromatic rings. The molecule has 2 rings (SSSR count). The lowest BCUT2D eigenvalue weighted by atomic mass is 10.1. The largest absolute Gasteiger partial charge is 0.336 e. The van der Waals surface area contributed by atoms with Crippen molar-refractivity contribution in [2.45, 2.75) is 33.7 Å². The topological polar surface area (TPSA) is 74.8 Å². The SMILES string of the molecule is CC(C)CN(C(=O)c1ccc(-c2nn[nH]n2)cc1)C(C)C. The minimum atomic E-state index is 0.0540. The van der Waals surface area contributed by atoms with Crippen LogP contribution in [0.5, 0.6) is 0 Å². The Labute approximate surface area is 124 Å². The Balaban J connectivity index is 2.18. The van der Waals surface area contributed by atoms with E-state index in [4.69, 9.17) is 0 Å². The van der Waals surface area contributed by atoms with Crippen LogP contribution in [0.4, 0.5) is 0 Å². The normalized spacial score (nSPS) is 11.1. The zero-order valence-electron chi connectivity index (χ0n) is 12.9. The Hall–Kier alpha value is -2.24. The fourth-order valence-electron chi connectivity index (χ4n) is 2.13. The van der Waals surface area contributed by atoms with Crippen LogP contribution in [-0.2, 0) is 0 Å². The summed E-state index contributed by atoms with van der Waals surface area (Å²) >= 11 is 0. The van der Waals surface area contributed by atoms with Crippen LogP contribution in [0.25, 0.3) is 11.4 Å². The van der Waals surface area contributed by atoms with Gasteiger partial charge in [-0.2, -0.15) is 5.21 Å². The second-order valence-corrected chi connectivity index (χ2v) is 5.76. The number of rotatable bonds is 5. The maximum Gasteiger partial charge on any atom is 0.254 e. The number of carbonyl (C=O) groups is 1. The van der Waals surface area contributed by atoms with Gasteiger partial charge in [-0.25, -0.2) is 0 Å². The molecule has 0 unspecified atom stereocenters. The van der Waals surface area contributed by atoms with Gasteiger partial charge in [0.1, 0.15) is 0 Å². The molecule has 1 aromatic carbocycles. The summed E-state index contributed by atoms with van der Waals surface area (Å²) < 4.78 is 0. The standard InChI is InChI=1S/C15H21N5O/c1-10(2)9-20(11(3)4)15(21)13-7-5-12(6-8-13)14-16-18-19-17-14/h5-8,10-11H,9H2,1-4H3,(H,16,17,18,19). The molecule has 0 aliphatic heterocycles. The summed E-state index contributed by atoms with van der Waals surface area (Å²) in [5, 5.41) is 13.8. The minimum absolute atomic E-state index is 0.0540. The van der Waals surface area contributed by atoms with Crippen LogP contribution < -0.4 is 0 Å². The molecule has 0 saturated heterocycles. The third-order valence-electron chi connectivity index (χ3n) is 3.18. The minimum Gasteiger partial charge on any atom is -0.336 e. The van der Waals surface area contributed by atoms with Crippen LogP contribution in [0.3, 0.4) is 0 Å². The second kappa shape index (κ2) is 6.47. The molecule has 1 aromatic heterocycles. The van der Waals surface area contributed by atoms with Gasteiger partial charge in [-0.15, -0.1) is 10.2 Å². The van der Waals surface area contributed by atoms with Crippen molar-refractivity contribution in [2.24, 2.45) is 5.92 Å². The molecular formula is C15H21N5O. The second-order valence-electron chi connectivity index (χ2n) is 5.76. The van der Waals surface area contributed by atoms with Gasteiger partial charge >= 0.3 is 0 Å². The first-order valence-electron chi connectivity index (χ1n) is 7.14. The van der Waals surface area contributed by atoms with Crippen LogP contribution in [0.1, 0.15) is 38.1 Å². The van der Waals surface area contributed by atoms with Gasteiger partial charge in [0.25, 0.3) is 5.91 Å². The lowest BCUT2D eigenvalue weighted by Crippen LogP contribution is -2.39. The molecule has 0 saturated carbocycles. The molecule has 0 aliphatic rings. The highest BCUT2D eigenvalue weighted by Crippen LogP contribution is 2.16. The number of tetrazole rings is 1. The fraction of sp³-hybridized carbons (Fsp3) is 0.467. The Bertz CT molecular complexity index is 575. The average Bonchev–Trinajstić information content (AvgIpc) is 2.98. The average molecular weight is 287 g/mol. The van der Waals surface area contributed by atoms with Crippen molar-refractivity contribution in [3.8, 4) is 11.4 Å². The summed E-state index contributed by atoms with van der Waals surface area (Å²) in [5.41, 5.74) is 1.51. The maximum absolute atomic E-state index is 12.6. The van der Waals surface area contributed by atoms with E-state index >= 15 is 0 Å². The predicted octanol–water partition coefficient (Wildman–Crippen LogP) is 2.37. The number of nitrogens with zero attached hydrogens (tertiary/aromatic N) is 4. The zero-order chi connectivity index (χ0) is 15.4. The number of H-pyrrole nitrogens is 1. The molecule has 112 valence electrons. The van der Waals surface area contributed by atoms with Crippen molar-refractivity contribution in [2.75, 3.05) is 6.54 Å². The molecule has 0 bridgehead atoms. The molecule has 0 fully saturated rings. The number of amides is 1. The number of hydrogen-bond acceptors (Lipinski definition) is 4. The molecule has 6 nitrogen and oxygen atoms in total. The van der Waals surface area contributed by atoms with Gasteiger partial charge < -0.3 is 4.90 Å². The lowest BCUT2D eigenvalue weighted by molar-refractivity contribution is 0.0682. The molecule has 0 aliphatic carbocycles. The highest BCUT2D eigenvalue weighted by molar-refractivity contribution is 5.94. The summed E-state index contributed by atoms with van der Waals surface area (Å²) in [7, 11) is 0. The van der Waals surface area contributed by atoms with Gasteiger partial charge in [-0.3, -0.25) is 4.79 Å². The van der Waals surface area contributed by atoms with Crippen LogP contribution >= 0.6 is 0 Å². The van der Waals surface area contributed by atoms with E-state index in [0.29, 0.717) is 17.3 Å². The molecule has 0 radical (unpaired) electrons. The summed E-state index contributed by atoms with van der Waals surface area (Å²) in [5.74, 6) is 1.02. The van der Waals surface area contributed by atoms with Crippen LogP contribution in [0, 0.1) is 5.92 Å². The molecule has 1 heterocycles. The van der Waals surface area contributed by atoms with Crippen LogP contribution in [0.15, 0.2) is 24.3 Å². The van der Waals surface area contributed by atoms with E-state index in [1.54, 1.807) is 0 Å². The molecular weight excluding hydrogens is 266 g/mol. The van der Waals surface area contributed by atoms with Gasteiger partial charge in [-0.1, -0.05) is 26.0 Å². The van der Waals surface area contributed by atoms with Gasteiger partial charge in [-0.05, 0) is 37.1 Å². The van der Waals surface area contributed by atoms with E-state index in [0.717, 1.165) is 12.1 Å². The van der Waals surface area contributed by atoms with E-state index < -0.39 is 0 Å². The number of aromatic nitrogens is 4. The smallest absolute Gasteiger partial charge is 0.254 e. The van der Waals surface area contributed by atoms with Gasteiger partial charge in [0.15, 0.2) is 0 Å².